The van der Waals surface area contributed by atoms with E-state index in [9.17, 15) is 14.0 Å². The first kappa shape index (κ1) is 17.5. The second-order valence-corrected chi connectivity index (χ2v) is 5.68. The number of aromatic nitrogens is 5. The molecule has 1 amide bonds. The molecule has 0 fully saturated rings. The molecule has 0 unspecified atom stereocenters. The van der Waals surface area contributed by atoms with Gasteiger partial charge in [0, 0.05) is 11.2 Å². The molecule has 0 saturated carbocycles. The van der Waals surface area contributed by atoms with Gasteiger partial charge in [0.25, 0.3) is 5.91 Å². The third kappa shape index (κ3) is 4.22. The van der Waals surface area contributed by atoms with Crippen molar-refractivity contribution in [2.45, 2.75) is 13.1 Å². The van der Waals surface area contributed by atoms with E-state index in [1.54, 1.807) is 0 Å². The van der Waals surface area contributed by atoms with Crippen molar-refractivity contribution in [1.29, 1.82) is 0 Å². The quantitative estimate of drug-likeness (QED) is 0.674. The highest BCUT2D eigenvalue weighted by atomic mass is 35.5. The highest BCUT2D eigenvalue weighted by Gasteiger charge is 2.13. The fraction of sp³-hybridized carbons (Fsp3) is 0.133. The average molecular weight is 379 g/mol. The summed E-state index contributed by atoms with van der Waals surface area (Å²) in [5, 5.41) is 19.3. The van der Waals surface area contributed by atoms with Gasteiger partial charge in [-0.3, -0.25) is 19.6 Å². The van der Waals surface area contributed by atoms with Crippen LogP contribution in [0.5, 0.6) is 0 Å². The lowest BCUT2D eigenvalue weighted by Crippen LogP contribution is -2.13. The maximum Gasteiger partial charge on any atom is 0.325 e. The highest BCUT2D eigenvalue weighted by Crippen LogP contribution is 2.18. The molecule has 1 aromatic carbocycles. The van der Waals surface area contributed by atoms with Gasteiger partial charge in [0.15, 0.2) is 0 Å². The summed E-state index contributed by atoms with van der Waals surface area (Å²) in [4.78, 5) is 26.7. The Morgan fingerprint density at radius 2 is 2.12 bits per heavy atom. The summed E-state index contributed by atoms with van der Waals surface area (Å²) < 4.78 is 15.6. The highest BCUT2D eigenvalue weighted by molar-refractivity contribution is 6.31. The summed E-state index contributed by atoms with van der Waals surface area (Å²) in [5.41, 5.74) is 0.815. The lowest BCUT2D eigenvalue weighted by atomic mass is 10.2. The van der Waals surface area contributed by atoms with Crippen molar-refractivity contribution in [3.8, 4) is 0 Å². The van der Waals surface area contributed by atoms with Crippen LogP contribution < -0.4 is 5.32 Å². The van der Waals surface area contributed by atoms with Crippen LogP contribution in [0.2, 0.25) is 5.02 Å². The minimum atomic E-state index is -1.07. The number of carbonyl (C=O) groups is 2. The number of carboxylic acids is 1. The van der Waals surface area contributed by atoms with E-state index in [2.05, 4.69) is 20.5 Å². The zero-order valence-corrected chi connectivity index (χ0v) is 13.9. The first-order chi connectivity index (χ1) is 12.4. The van der Waals surface area contributed by atoms with Crippen LogP contribution in [0.4, 0.5) is 10.3 Å². The average Bonchev–Trinajstić information content (AvgIpc) is 3.19. The van der Waals surface area contributed by atoms with Gasteiger partial charge >= 0.3 is 5.97 Å². The van der Waals surface area contributed by atoms with Crippen LogP contribution in [0.25, 0.3) is 0 Å². The van der Waals surface area contributed by atoms with Crippen molar-refractivity contribution < 1.29 is 19.1 Å². The number of carboxylic acid groups (broad SMARTS) is 1. The maximum atomic E-state index is 13.1. The first-order valence-corrected chi connectivity index (χ1v) is 7.67. The molecule has 11 heteroatoms. The fourth-order valence-corrected chi connectivity index (χ4v) is 2.36. The molecule has 3 rings (SSSR count). The number of halogens is 2. The number of hydrogen-bond acceptors (Lipinski definition) is 5. The summed E-state index contributed by atoms with van der Waals surface area (Å²) in [5.74, 6) is -1.98. The van der Waals surface area contributed by atoms with E-state index in [1.807, 2.05) is 0 Å². The van der Waals surface area contributed by atoms with Gasteiger partial charge in [-0.05, 0) is 17.7 Å². The molecular formula is C15H12ClFN6O3. The van der Waals surface area contributed by atoms with E-state index in [1.165, 1.54) is 41.6 Å². The molecule has 2 heterocycles. The normalized spacial score (nSPS) is 10.7. The van der Waals surface area contributed by atoms with Crippen LogP contribution in [0, 0.1) is 5.82 Å². The maximum absolute atomic E-state index is 13.1. The molecule has 0 aliphatic rings. The molecule has 0 bridgehead atoms. The fourth-order valence-electron chi connectivity index (χ4n) is 2.13. The summed E-state index contributed by atoms with van der Waals surface area (Å²) >= 11 is 5.97. The van der Waals surface area contributed by atoms with Gasteiger partial charge in [-0.25, -0.2) is 14.1 Å². The molecule has 0 radical (unpaired) electrons. The monoisotopic (exact) mass is 378 g/mol. The van der Waals surface area contributed by atoms with E-state index in [0.717, 1.165) is 4.68 Å². The molecule has 2 aromatic heterocycles. The van der Waals surface area contributed by atoms with Gasteiger partial charge in [0.05, 0.1) is 18.3 Å². The molecule has 9 nitrogen and oxygen atoms in total. The SMILES string of the molecule is O=C(O)Cn1cc(C(=O)Nc2ncn(Cc3ccc(F)cc3Cl)n2)cn1. The van der Waals surface area contributed by atoms with Gasteiger partial charge in [-0.2, -0.15) is 5.10 Å². The third-order valence-electron chi connectivity index (χ3n) is 3.30. The number of aliphatic carboxylic acids is 1. The van der Waals surface area contributed by atoms with Gasteiger partial charge in [-0.15, -0.1) is 5.10 Å². The lowest BCUT2D eigenvalue weighted by molar-refractivity contribution is -0.137. The van der Waals surface area contributed by atoms with Gasteiger partial charge in [0.1, 0.15) is 18.7 Å². The van der Waals surface area contributed by atoms with Crippen molar-refractivity contribution >= 4 is 29.4 Å². The van der Waals surface area contributed by atoms with Crippen LogP contribution in [0.15, 0.2) is 36.9 Å². The minimum Gasteiger partial charge on any atom is -0.480 e. The Balaban J connectivity index is 1.65. The molecule has 0 aliphatic carbocycles. The van der Waals surface area contributed by atoms with Gasteiger partial charge in [-0.1, -0.05) is 17.7 Å². The Hall–Kier alpha value is -3.27. The molecule has 26 heavy (non-hydrogen) atoms. The summed E-state index contributed by atoms with van der Waals surface area (Å²) in [6.07, 6.45) is 3.94. The van der Waals surface area contributed by atoms with Crippen molar-refractivity contribution in [2.75, 3.05) is 5.32 Å². The lowest BCUT2D eigenvalue weighted by Gasteiger charge is -2.04. The molecule has 2 N–H and O–H groups in total. The van der Waals surface area contributed by atoms with Crippen LogP contribution in [-0.4, -0.2) is 41.5 Å². The van der Waals surface area contributed by atoms with E-state index >= 15 is 0 Å². The van der Waals surface area contributed by atoms with Crippen molar-refractivity contribution in [2.24, 2.45) is 0 Å². The number of nitrogens with one attached hydrogen (secondary N) is 1. The van der Waals surface area contributed by atoms with Crippen molar-refractivity contribution in [3.05, 3.63) is 58.9 Å². The standard InChI is InChI=1S/C15H12ClFN6O3/c16-12-3-11(17)2-1-9(12)5-23-8-18-15(21-23)20-14(26)10-4-19-22(6-10)7-13(24)25/h1-4,6,8H,5,7H2,(H,24,25)(H,20,21,26). The topological polar surface area (TPSA) is 115 Å². The number of carbonyl (C=O) groups excluding carboxylic acids is 1. The molecule has 0 atom stereocenters. The Labute approximate surface area is 151 Å². The predicted molar refractivity (Wildman–Crippen MR) is 88.4 cm³/mol. The molecular weight excluding hydrogens is 367 g/mol. The molecule has 0 spiro atoms. The summed E-state index contributed by atoms with van der Waals surface area (Å²) in [7, 11) is 0. The number of hydrogen-bond donors (Lipinski definition) is 2. The van der Waals surface area contributed by atoms with E-state index in [4.69, 9.17) is 16.7 Å². The second-order valence-electron chi connectivity index (χ2n) is 5.28. The number of nitrogens with zero attached hydrogens (tertiary/aromatic N) is 5. The Morgan fingerprint density at radius 1 is 1.31 bits per heavy atom. The number of rotatable bonds is 6. The van der Waals surface area contributed by atoms with Crippen LogP contribution in [-0.2, 0) is 17.9 Å². The van der Waals surface area contributed by atoms with E-state index < -0.39 is 17.7 Å². The summed E-state index contributed by atoms with van der Waals surface area (Å²) in [6.45, 7) is -0.100. The predicted octanol–water partition coefficient (Wildman–Crippen LogP) is 1.65. The summed E-state index contributed by atoms with van der Waals surface area (Å²) in [6, 6.07) is 4.02. The zero-order chi connectivity index (χ0) is 18.7. The third-order valence-corrected chi connectivity index (χ3v) is 3.65. The van der Waals surface area contributed by atoms with Crippen molar-refractivity contribution in [1.82, 2.24) is 24.5 Å². The largest absolute Gasteiger partial charge is 0.480 e. The first-order valence-electron chi connectivity index (χ1n) is 7.29. The van der Waals surface area contributed by atoms with Crippen LogP contribution in [0.3, 0.4) is 0 Å². The van der Waals surface area contributed by atoms with Crippen LogP contribution >= 0.6 is 11.6 Å². The molecule has 134 valence electrons. The van der Waals surface area contributed by atoms with Crippen LogP contribution in [0.1, 0.15) is 15.9 Å². The zero-order valence-electron chi connectivity index (χ0n) is 13.1. The van der Waals surface area contributed by atoms with E-state index in [-0.39, 0.29) is 29.6 Å². The Bertz CT molecular complexity index is 970. The second kappa shape index (κ2) is 7.31. The molecule has 0 saturated heterocycles. The van der Waals surface area contributed by atoms with E-state index in [0.29, 0.717) is 5.56 Å². The number of benzene rings is 1. The molecule has 0 aliphatic heterocycles. The Kier molecular flexibility index (Phi) is 4.94. The Morgan fingerprint density at radius 3 is 2.85 bits per heavy atom. The van der Waals surface area contributed by atoms with Crippen molar-refractivity contribution in [3.63, 3.8) is 0 Å². The number of anilines is 1. The molecule has 3 aromatic rings. The van der Waals surface area contributed by atoms with Gasteiger partial charge < -0.3 is 5.11 Å². The van der Waals surface area contributed by atoms with Gasteiger partial charge in [0.2, 0.25) is 5.95 Å². The minimum absolute atomic E-state index is 0.0548. The number of amides is 1. The smallest absolute Gasteiger partial charge is 0.325 e.